The van der Waals surface area contributed by atoms with Crippen LogP contribution in [0.25, 0.3) is 0 Å². The second-order valence-electron chi connectivity index (χ2n) is 10.9. The maximum atomic E-state index is 12.4. The molecule has 2 heterocycles. The normalized spacial score (nSPS) is 20.2. The minimum absolute atomic E-state index is 0.272. The molecule has 2 aliphatic heterocycles. The summed E-state index contributed by atoms with van der Waals surface area (Å²) in [5.41, 5.74) is 1.27. The van der Waals surface area contributed by atoms with Crippen LogP contribution in [0.2, 0.25) is 0 Å². The lowest BCUT2D eigenvalue weighted by Crippen LogP contribution is -2.50. The first-order valence-corrected chi connectivity index (χ1v) is 11.5. The molecular weight excluding hydrogens is 423 g/mol. The Balaban J connectivity index is 1.78. The quantitative estimate of drug-likeness (QED) is 0.682. The van der Waals surface area contributed by atoms with Crippen LogP contribution in [0, 0.1) is 6.92 Å². The molecule has 9 heteroatoms. The van der Waals surface area contributed by atoms with Gasteiger partial charge >= 0.3 is 19.2 Å². The zero-order valence-corrected chi connectivity index (χ0v) is 21.2. The topological polar surface area (TPSA) is 88.5 Å². The van der Waals surface area contributed by atoms with Crippen molar-refractivity contribution in [2.45, 2.75) is 78.5 Å². The van der Waals surface area contributed by atoms with Gasteiger partial charge in [0.15, 0.2) is 0 Å². The Morgan fingerprint density at radius 2 is 1.61 bits per heavy atom. The Labute approximate surface area is 197 Å². The minimum atomic E-state index is -0.961. The largest absolute Gasteiger partial charge is 0.478 e. The number of piperazine rings is 1. The van der Waals surface area contributed by atoms with E-state index in [-0.39, 0.29) is 11.7 Å². The molecule has 0 spiro atoms. The molecule has 1 amide bonds. The molecule has 2 fully saturated rings. The van der Waals surface area contributed by atoms with Gasteiger partial charge in [0.2, 0.25) is 0 Å². The van der Waals surface area contributed by atoms with Gasteiger partial charge in [-0.2, -0.15) is 0 Å². The molecule has 1 aromatic carbocycles. The lowest BCUT2D eigenvalue weighted by atomic mass is 9.79. The first kappa shape index (κ1) is 25.4. The second-order valence-corrected chi connectivity index (χ2v) is 10.9. The third-order valence-corrected chi connectivity index (χ3v) is 6.65. The minimum Gasteiger partial charge on any atom is -0.478 e. The van der Waals surface area contributed by atoms with Crippen molar-refractivity contribution in [1.82, 2.24) is 4.90 Å². The number of ether oxygens (including phenoxy) is 1. The molecule has 3 rings (SSSR count). The van der Waals surface area contributed by atoms with Crippen LogP contribution in [-0.4, -0.2) is 72.2 Å². The van der Waals surface area contributed by atoms with Crippen molar-refractivity contribution < 1.29 is 28.7 Å². The van der Waals surface area contributed by atoms with Crippen molar-refractivity contribution in [1.29, 1.82) is 0 Å². The van der Waals surface area contributed by atoms with E-state index in [1.54, 1.807) is 11.0 Å². The standard InChI is InChI=1S/C24H37BN2O6/c1-16-18(20(28)29)13-17(15-25-32-23(5,6)24(7,8)33-25)14-19(16)26-9-11-27(12-10-26)21(30)31-22(2,3)4/h13-14H,9-12,15H2,1-8H3,(H,28,29). The van der Waals surface area contributed by atoms with Gasteiger partial charge in [-0.15, -0.1) is 0 Å². The number of hydrogen-bond acceptors (Lipinski definition) is 6. The van der Waals surface area contributed by atoms with Gasteiger partial charge in [0, 0.05) is 38.2 Å². The number of amides is 1. The molecule has 0 radical (unpaired) electrons. The van der Waals surface area contributed by atoms with E-state index < -0.39 is 29.9 Å². The van der Waals surface area contributed by atoms with Crippen molar-refractivity contribution in [3.05, 3.63) is 28.8 Å². The van der Waals surface area contributed by atoms with Gasteiger partial charge in [0.1, 0.15) is 5.60 Å². The average molecular weight is 460 g/mol. The Bertz CT molecular complexity index is 900. The molecule has 2 aliphatic rings. The first-order valence-electron chi connectivity index (χ1n) is 11.5. The predicted molar refractivity (Wildman–Crippen MR) is 128 cm³/mol. The zero-order valence-electron chi connectivity index (χ0n) is 21.2. The Morgan fingerprint density at radius 3 is 2.09 bits per heavy atom. The molecule has 2 saturated heterocycles. The van der Waals surface area contributed by atoms with Crippen molar-refractivity contribution in [3.63, 3.8) is 0 Å². The fourth-order valence-corrected chi connectivity index (χ4v) is 4.12. The van der Waals surface area contributed by atoms with Crippen molar-refractivity contribution in [2.24, 2.45) is 0 Å². The highest BCUT2D eigenvalue weighted by atomic mass is 16.7. The lowest BCUT2D eigenvalue weighted by molar-refractivity contribution is 0.00578. The van der Waals surface area contributed by atoms with E-state index in [0.717, 1.165) is 11.3 Å². The number of carbonyl (C=O) groups excluding carboxylic acids is 1. The third kappa shape index (κ3) is 5.63. The molecule has 0 unspecified atom stereocenters. The number of carbonyl (C=O) groups is 2. The number of hydrogen-bond donors (Lipinski definition) is 1. The van der Waals surface area contributed by atoms with Crippen LogP contribution in [0.3, 0.4) is 0 Å². The van der Waals surface area contributed by atoms with Crippen LogP contribution in [0.15, 0.2) is 12.1 Å². The Kier molecular flexibility index (Phi) is 6.79. The number of anilines is 1. The summed E-state index contributed by atoms with van der Waals surface area (Å²) in [6, 6.07) is 3.74. The number of carboxylic acid groups (broad SMARTS) is 1. The molecule has 0 bridgehead atoms. The van der Waals surface area contributed by atoms with E-state index in [9.17, 15) is 14.7 Å². The molecule has 8 nitrogen and oxygen atoms in total. The Morgan fingerprint density at radius 1 is 1.06 bits per heavy atom. The van der Waals surface area contributed by atoms with Gasteiger partial charge in [0.05, 0.1) is 16.8 Å². The highest BCUT2D eigenvalue weighted by Crippen LogP contribution is 2.38. The lowest BCUT2D eigenvalue weighted by Gasteiger charge is -2.37. The van der Waals surface area contributed by atoms with Crippen molar-refractivity contribution in [3.8, 4) is 0 Å². The zero-order chi connectivity index (χ0) is 24.8. The van der Waals surface area contributed by atoms with E-state index in [1.807, 2.05) is 61.5 Å². The fraction of sp³-hybridized carbons (Fsp3) is 0.667. The molecule has 1 N–H and O–H groups in total. The van der Waals surface area contributed by atoms with Gasteiger partial charge < -0.3 is 29.0 Å². The van der Waals surface area contributed by atoms with E-state index >= 15 is 0 Å². The SMILES string of the molecule is Cc1c(C(=O)O)cc(CB2OC(C)(C)C(C)(C)O2)cc1N1CCN(C(=O)OC(C)(C)C)CC1. The van der Waals surface area contributed by atoms with Crippen LogP contribution in [0.5, 0.6) is 0 Å². The number of aromatic carboxylic acids is 1. The third-order valence-electron chi connectivity index (χ3n) is 6.65. The number of carboxylic acids is 1. The second kappa shape index (κ2) is 8.83. The first-order chi connectivity index (χ1) is 15.1. The highest BCUT2D eigenvalue weighted by Gasteiger charge is 2.50. The summed E-state index contributed by atoms with van der Waals surface area (Å²) in [6.45, 7) is 17.6. The number of rotatable bonds is 4. The smallest absolute Gasteiger partial charge is 0.462 e. The summed E-state index contributed by atoms with van der Waals surface area (Å²) in [5, 5.41) is 9.81. The van der Waals surface area contributed by atoms with E-state index in [4.69, 9.17) is 14.0 Å². The summed E-state index contributed by atoms with van der Waals surface area (Å²) >= 11 is 0. The summed E-state index contributed by atoms with van der Waals surface area (Å²) in [6.07, 6.45) is 0.137. The monoisotopic (exact) mass is 460 g/mol. The summed E-state index contributed by atoms with van der Waals surface area (Å²) in [5.74, 6) is -0.961. The van der Waals surface area contributed by atoms with E-state index in [0.29, 0.717) is 38.1 Å². The molecule has 0 saturated carbocycles. The van der Waals surface area contributed by atoms with Crippen molar-refractivity contribution >= 4 is 24.9 Å². The summed E-state index contributed by atoms with van der Waals surface area (Å²) < 4.78 is 17.7. The van der Waals surface area contributed by atoms with Gasteiger partial charge in [-0.1, -0.05) is 0 Å². The maximum Gasteiger partial charge on any atom is 0.462 e. The van der Waals surface area contributed by atoms with Crippen LogP contribution in [0.4, 0.5) is 10.5 Å². The van der Waals surface area contributed by atoms with Crippen LogP contribution in [0.1, 0.15) is 70.0 Å². The van der Waals surface area contributed by atoms with Crippen LogP contribution < -0.4 is 4.90 Å². The van der Waals surface area contributed by atoms with Crippen LogP contribution >= 0.6 is 0 Å². The van der Waals surface area contributed by atoms with Gasteiger partial charge in [0.25, 0.3) is 0 Å². The molecule has 182 valence electrons. The fourth-order valence-electron chi connectivity index (χ4n) is 4.12. The number of benzene rings is 1. The molecule has 0 aliphatic carbocycles. The summed E-state index contributed by atoms with van der Waals surface area (Å²) in [7, 11) is -0.448. The van der Waals surface area contributed by atoms with E-state index in [1.165, 1.54) is 0 Å². The van der Waals surface area contributed by atoms with Crippen LogP contribution in [-0.2, 0) is 20.4 Å². The van der Waals surface area contributed by atoms with E-state index in [2.05, 4.69) is 4.90 Å². The van der Waals surface area contributed by atoms with Gasteiger partial charge in [-0.3, -0.25) is 0 Å². The predicted octanol–water partition coefficient (Wildman–Crippen LogP) is 3.92. The Hall–Kier alpha value is -2.26. The molecule has 0 atom stereocenters. The highest BCUT2D eigenvalue weighted by molar-refractivity contribution is 6.45. The van der Waals surface area contributed by atoms with Gasteiger partial charge in [-0.25, -0.2) is 9.59 Å². The van der Waals surface area contributed by atoms with Gasteiger partial charge in [-0.05, 0) is 78.6 Å². The average Bonchev–Trinajstić information content (AvgIpc) is 2.87. The number of nitrogens with zero attached hydrogens (tertiary/aromatic N) is 2. The molecular formula is C24H37BN2O6. The molecule has 33 heavy (non-hydrogen) atoms. The molecule has 0 aromatic heterocycles. The maximum absolute atomic E-state index is 12.4. The van der Waals surface area contributed by atoms with Crippen molar-refractivity contribution in [2.75, 3.05) is 31.1 Å². The summed E-state index contributed by atoms with van der Waals surface area (Å²) in [4.78, 5) is 28.2. The molecule has 1 aromatic rings.